The minimum Gasteiger partial charge on any atom is -0.333 e. The monoisotopic (exact) mass is 391 g/mol. The molecular formula is C16H14IN3O. The lowest BCUT2D eigenvalue weighted by molar-refractivity contribution is 0.0746. The maximum Gasteiger partial charge on any atom is 0.254 e. The minimum absolute atomic E-state index is 0.0624. The minimum atomic E-state index is -0.0624. The number of rotatable bonds is 5. The topological polar surface area (TPSA) is 57.0 Å². The number of hydrogen-bond donors (Lipinski definition) is 0. The standard InChI is InChI=1S/C16H14IN3O/c17-15-6-1-5-14(10-15)16(21)20(9-3-7-18)12-13-4-2-8-19-11-13/h1-2,4-6,8,10-11H,3,9,12H2. The number of benzene rings is 1. The lowest BCUT2D eigenvalue weighted by Crippen LogP contribution is -2.31. The highest BCUT2D eigenvalue weighted by Gasteiger charge is 2.16. The molecule has 1 heterocycles. The van der Waals surface area contributed by atoms with Gasteiger partial charge in [-0.05, 0) is 52.4 Å². The molecule has 0 unspecified atom stereocenters. The van der Waals surface area contributed by atoms with E-state index in [9.17, 15) is 4.79 Å². The van der Waals surface area contributed by atoms with Crippen molar-refractivity contribution in [1.29, 1.82) is 5.26 Å². The van der Waals surface area contributed by atoms with Crippen LogP contribution in [0.3, 0.4) is 0 Å². The zero-order valence-electron chi connectivity index (χ0n) is 11.4. The van der Waals surface area contributed by atoms with Crippen LogP contribution >= 0.6 is 22.6 Å². The van der Waals surface area contributed by atoms with Gasteiger partial charge in [0.1, 0.15) is 0 Å². The molecule has 1 aromatic carbocycles. The Hall–Kier alpha value is -1.94. The highest BCUT2D eigenvalue weighted by molar-refractivity contribution is 14.1. The molecule has 21 heavy (non-hydrogen) atoms. The Morgan fingerprint density at radius 3 is 2.86 bits per heavy atom. The van der Waals surface area contributed by atoms with Crippen molar-refractivity contribution in [2.24, 2.45) is 0 Å². The smallest absolute Gasteiger partial charge is 0.254 e. The third kappa shape index (κ3) is 4.53. The fraction of sp³-hybridized carbons (Fsp3) is 0.188. The van der Waals surface area contributed by atoms with Crippen molar-refractivity contribution in [2.45, 2.75) is 13.0 Å². The molecule has 106 valence electrons. The fourth-order valence-electron chi connectivity index (χ4n) is 1.95. The van der Waals surface area contributed by atoms with Gasteiger partial charge in [-0.3, -0.25) is 9.78 Å². The Balaban J connectivity index is 2.19. The van der Waals surface area contributed by atoms with E-state index in [1.807, 2.05) is 30.3 Å². The Morgan fingerprint density at radius 2 is 2.19 bits per heavy atom. The summed E-state index contributed by atoms with van der Waals surface area (Å²) in [5.74, 6) is -0.0624. The molecule has 0 saturated heterocycles. The number of amides is 1. The van der Waals surface area contributed by atoms with Gasteiger partial charge in [-0.15, -0.1) is 0 Å². The van der Waals surface area contributed by atoms with Crippen molar-refractivity contribution in [3.05, 3.63) is 63.5 Å². The summed E-state index contributed by atoms with van der Waals surface area (Å²) in [4.78, 5) is 18.3. The van der Waals surface area contributed by atoms with Crippen molar-refractivity contribution < 1.29 is 4.79 Å². The maximum atomic E-state index is 12.6. The average Bonchev–Trinajstić information content (AvgIpc) is 2.51. The molecule has 1 amide bonds. The van der Waals surface area contributed by atoms with Gasteiger partial charge in [0.15, 0.2) is 0 Å². The number of carbonyl (C=O) groups excluding carboxylic acids is 1. The van der Waals surface area contributed by atoms with E-state index in [1.165, 1.54) is 0 Å². The second kappa shape index (κ2) is 7.74. The summed E-state index contributed by atoms with van der Waals surface area (Å²) in [5, 5.41) is 8.78. The number of nitrogens with zero attached hydrogens (tertiary/aromatic N) is 3. The zero-order valence-corrected chi connectivity index (χ0v) is 13.5. The van der Waals surface area contributed by atoms with Gasteiger partial charge in [-0.25, -0.2) is 0 Å². The van der Waals surface area contributed by atoms with E-state index in [-0.39, 0.29) is 5.91 Å². The molecule has 0 fully saturated rings. The average molecular weight is 391 g/mol. The molecule has 0 aliphatic carbocycles. The quantitative estimate of drug-likeness (QED) is 0.736. The van der Waals surface area contributed by atoms with Crippen molar-refractivity contribution in [1.82, 2.24) is 9.88 Å². The summed E-state index contributed by atoms with van der Waals surface area (Å²) in [6.45, 7) is 0.871. The molecule has 0 bridgehead atoms. The number of aromatic nitrogens is 1. The van der Waals surface area contributed by atoms with E-state index in [4.69, 9.17) is 5.26 Å². The van der Waals surface area contributed by atoms with Crippen LogP contribution in [0.5, 0.6) is 0 Å². The van der Waals surface area contributed by atoms with E-state index in [0.717, 1.165) is 9.13 Å². The van der Waals surface area contributed by atoms with Crippen LogP contribution < -0.4 is 0 Å². The molecule has 0 radical (unpaired) electrons. The first-order valence-corrected chi connectivity index (χ1v) is 7.59. The molecule has 0 N–H and O–H groups in total. The Kier molecular flexibility index (Phi) is 5.69. The van der Waals surface area contributed by atoms with Gasteiger partial charge in [-0.2, -0.15) is 5.26 Å². The molecular weight excluding hydrogens is 377 g/mol. The van der Waals surface area contributed by atoms with Gasteiger partial charge in [0.25, 0.3) is 5.91 Å². The van der Waals surface area contributed by atoms with E-state index < -0.39 is 0 Å². The van der Waals surface area contributed by atoms with Crippen LogP contribution in [0.25, 0.3) is 0 Å². The summed E-state index contributed by atoms with van der Waals surface area (Å²) in [6.07, 6.45) is 3.75. The first-order valence-electron chi connectivity index (χ1n) is 6.51. The lowest BCUT2D eigenvalue weighted by Gasteiger charge is -2.21. The SMILES string of the molecule is N#CCCN(Cc1cccnc1)C(=O)c1cccc(I)c1. The molecule has 4 nitrogen and oxygen atoms in total. The number of pyridine rings is 1. The van der Waals surface area contributed by atoms with Crippen LogP contribution in [0, 0.1) is 14.9 Å². The van der Waals surface area contributed by atoms with E-state index in [0.29, 0.717) is 25.1 Å². The van der Waals surface area contributed by atoms with Crippen molar-refractivity contribution in [3.63, 3.8) is 0 Å². The van der Waals surface area contributed by atoms with Gasteiger partial charge in [-0.1, -0.05) is 12.1 Å². The van der Waals surface area contributed by atoms with Gasteiger partial charge in [0.2, 0.25) is 0 Å². The molecule has 1 aromatic heterocycles. The number of carbonyl (C=O) groups is 1. The van der Waals surface area contributed by atoms with Gasteiger partial charge >= 0.3 is 0 Å². The fourth-order valence-corrected chi connectivity index (χ4v) is 2.50. The van der Waals surface area contributed by atoms with E-state index in [2.05, 4.69) is 33.6 Å². The largest absolute Gasteiger partial charge is 0.333 e. The van der Waals surface area contributed by atoms with Crippen LogP contribution in [0.2, 0.25) is 0 Å². The first kappa shape index (κ1) is 15.4. The van der Waals surface area contributed by atoms with Crippen LogP contribution in [0.1, 0.15) is 22.3 Å². The summed E-state index contributed by atoms with van der Waals surface area (Å²) in [7, 11) is 0. The molecule has 2 aromatic rings. The molecule has 0 saturated carbocycles. The van der Waals surface area contributed by atoms with Crippen molar-refractivity contribution >= 4 is 28.5 Å². The Labute approximate surface area is 137 Å². The number of nitriles is 1. The van der Waals surface area contributed by atoms with Gasteiger partial charge in [0, 0.05) is 34.6 Å². The summed E-state index contributed by atoms with van der Waals surface area (Å²) >= 11 is 2.18. The third-order valence-electron chi connectivity index (χ3n) is 2.95. The highest BCUT2D eigenvalue weighted by Crippen LogP contribution is 2.13. The molecule has 0 aliphatic rings. The predicted octanol–water partition coefficient (Wildman–Crippen LogP) is 3.24. The highest BCUT2D eigenvalue weighted by atomic mass is 127. The van der Waals surface area contributed by atoms with Crippen LogP contribution in [0.15, 0.2) is 48.8 Å². The zero-order chi connectivity index (χ0) is 15.1. The second-order valence-corrected chi connectivity index (χ2v) is 5.75. The predicted molar refractivity (Wildman–Crippen MR) is 88.4 cm³/mol. The first-order chi connectivity index (χ1) is 10.2. The molecule has 5 heteroatoms. The molecule has 2 rings (SSSR count). The van der Waals surface area contributed by atoms with E-state index in [1.54, 1.807) is 23.4 Å². The number of hydrogen-bond acceptors (Lipinski definition) is 3. The normalized spacial score (nSPS) is 9.90. The van der Waals surface area contributed by atoms with Crippen molar-refractivity contribution in [2.75, 3.05) is 6.54 Å². The second-order valence-electron chi connectivity index (χ2n) is 4.51. The summed E-state index contributed by atoms with van der Waals surface area (Å²) in [6, 6.07) is 13.3. The van der Waals surface area contributed by atoms with Crippen LogP contribution in [0.4, 0.5) is 0 Å². The van der Waals surface area contributed by atoms with Crippen molar-refractivity contribution in [3.8, 4) is 6.07 Å². The third-order valence-corrected chi connectivity index (χ3v) is 3.62. The Morgan fingerprint density at radius 1 is 1.33 bits per heavy atom. The van der Waals surface area contributed by atoms with Gasteiger partial charge in [0.05, 0.1) is 12.5 Å². The maximum absolute atomic E-state index is 12.6. The molecule has 0 spiro atoms. The lowest BCUT2D eigenvalue weighted by atomic mass is 10.1. The molecule has 0 atom stereocenters. The summed E-state index contributed by atoms with van der Waals surface area (Å²) < 4.78 is 1.01. The van der Waals surface area contributed by atoms with Gasteiger partial charge < -0.3 is 4.90 Å². The van der Waals surface area contributed by atoms with E-state index >= 15 is 0 Å². The molecule has 0 aliphatic heterocycles. The van der Waals surface area contributed by atoms with Crippen LogP contribution in [-0.2, 0) is 6.54 Å². The Bertz CT molecular complexity index is 652. The number of halogens is 1. The summed E-state index contributed by atoms with van der Waals surface area (Å²) in [5.41, 5.74) is 1.60. The van der Waals surface area contributed by atoms with Crippen LogP contribution in [-0.4, -0.2) is 22.3 Å².